The zero-order valence-electron chi connectivity index (χ0n) is 14.5. The molecular formula is C17H30NNaO4. The molecule has 1 amide bonds. The fraction of sp³-hybridized carbons (Fsp3) is 0.882. The van der Waals surface area contributed by atoms with Gasteiger partial charge in [0.25, 0.3) is 0 Å². The Bertz CT molecular complexity index is 339. The van der Waals surface area contributed by atoms with Crippen molar-refractivity contribution in [2.45, 2.75) is 83.2 Å². The van der Waals surface area contributed by atoms with Crippen LogP contribution < -0.4 is 40.0 Å². The van der Waals surface area contributed by atoms with E-state index in [1.54, 1.807) is 0 Å². The molecule has 1 fully saturated rings. The number of carbonyl (C=O) groups excluding carboxylic acids is 2. The van der Waals surface area contributed by atoms with Gasteiger partial charge in [0.2, 0.25) is 5.91 Å². The number of aliphatic carboxylic acids is 1. The predicted octanol–water partition coefficient (Wildman–Crippen LogP) is -1.47. The van der Waals surface area contributed by atoms with Gasteiger partial charge in [0.1, 0.15) is 0 Å². The number of nitrogens with one attached hydrogen (secondary N) is 1. The maximum Gasteiger partial charge on any atom is 1.00 e. The molecule has 0 radical (unpaired) electrons. The average Bonchev–Trinajstić information content (AvgIpc) is 2.49. The van der Waals surface area contributed by atoms with Gasteiger partial charge in [0, 0.05) is 12.5 Å². The molecule has 2 N–H and O–H groups in total. The van der Waals surface area contributed by atoms with Crippen molar-refractivity contribution >= 4 is 11.9 Å². The smallest absolute Gasteiger partial charge is 0.550 e. The van der Waals surface area contributed by atoms with Crippen molar-refractivity contribution in [3.05, 3.63) is 0 Å². The Balaban J connectivity index is 0.00000484. The molecule has 0 aromatic heterocycles. The van der Waals surface area contributed by atoms with Gasteiger partial charge in [0.15, 0.2) is 0 Å². The summed E-state index contributed by atoms with van der Waals surface area (Å²) in [6.45, 7) is 0.687. The Kier molecular flexibility index (Phi) is 14.2. The molecule has 1 aliphatic carbocycles. The zero-order chi connectivity index (χ0) is 16.2. The topological polar surface area (TPSA) is 89.5 Å². The van der Waals surface area contributed by atoms with Gasteiger partial charge in [0.05, 0.1) is 12.0 Å². The SMILES string of the molecule is O=C([O-])CCCCCCCCCNC(=O)C1CCCCC1O.[Na+]. The molecule has 128 valence electrons. The van der Waals surface area contributed by atoms with Crippen molar-refractivity contribution in [3.8, 4) is 0 Å². The molecular weight excluding hydrogens is 305 g/mol. The third-order valence-electron chi connectivity index (χ3n) is 4.42. The summed E-state index contributed by atoms with van der Waals surface area (Å²) < 4.78 is 0. The van der Waals surface area contributed by atoms with Gasteiger partial charge < -0.3 is 20.3 Å². The minimum atomic E-state index is -0.959. The molecule has 2 atom stereocenters. The largest absolute Gasteiger partial charge is 1.00 e. The van der Waals surface area contributed by atoms with E-state index >= 15 is 0 Å². The van der Waals surface area contributed by atoms with Crippen molar-refractivity contribution in [1.82, 2.24) is 5.32 Å². The van der Waals surface area contributed by atoms with E-state index in [2.05, 4.69) is 5.32 Å². The van der Waals surface area contributed by atoms with Crippen LogP contribution in [-0.2, 0) is 9.59 Å². The van der Waals surface area contributed by atoms with Gasteiger partial charge in [-0.15, -0.1) is 0 Å². The first-order valence-corrected chi connectivity index (χ1v) is 8.77. The predicted molar refractivity (Wildman–Crippen MR) is 82.9 cm³/mol. The van der Waals surface area contributed by atoms with Crippen molar-refractivity contribution in [2.75, 3.05) is 6.54 Å². The van der Waals surface area contributed by atoms with Crippen LogP contribution in [0.3, 0.4) is 0 Å². The van der Waals surface area contributed by atoms with E-state index in [4.69, 9.17) is 0 Å². The summed E-state index contributed by atoms with van der Waals surface area (Å²) in [5, 5.41) is 23.0. The van der Waals surface area contributed by atoms with E-state index in [-0.39, 0.29) is 47.8 Å². The summed E-state index contributed by atoms with van der Waals surface area (Å²) in [7, 11) is 0. The first-order valence-electron chi connectivity index (χ1n) is 8.77. The number of hydrogen-bond acceptors (Lipinski definition) is 4. The molecule has 0 aliphatic heterocycles. The second-order valence-electron chi connectivity index (χ2n) is 6.35. The Hall–Kier alpha value is -0.100. The Morgan fingerprint density at radius 2 is 1.52 bits per heavy atom. The standard InChI is InChI=1S/C17H31NO4.Na/c19-15-11-8-7-10-14(15)17(22)18-13-9-5-3-1-2-4-6-12-16(20)21;/h14-15,19H,1-13H2,(H,18,22)(H,20,21);/q;+1/p-1. The summed E-state index contributed by atoms with van der Waals surface area (Å²) in [5.74, 6) is -1.16. The van der Waals surface area contributed by atoms with Crippen LogP contribution in [0.15, 0.2) is 0 Å². The van der Waals surface area contributed by atoms with Crippen LogP contribution in [0.2, 0.25) is 0 Å². The molecule has 0 spiro atoms. The summed E-state index contributed by atoms with van der Waals surface area (Å²) in [4.78, 5) is 22.2. The van der Waals surface area contributed by atoms with Crippen molar-refractivity contribution in [1.29, 1.82) is 0 Å². The second-order valence-corrected chi connectivity index (χ2v) is 6.35. The summed E-state index contributed by atoms with van der Waals surface area (Å²) >= 11 is 0. The minimum Gasteiger partial charge on any atom is -0.550 e. The van der Waals surface area contributed by atoms with Gasteiger partial charge in [-0.3, -0.25) is 4.79 Å². The van der Waals surface area contributed by atoms with Gasteiger partial charge in [-0.25, -0.2) is 0 Å². The number of carboxylic acid groups (broad SMARTS) is 1. The number of aliphatic hydroxyl groups excluding tert-OH is 1. The number of aliphatic hydroxyl groups is 1. The molecule has 1 saturated carbocycles. The van der Waals surface area contributed by atoms with Crippen LogP contribution in [0, 0.1) is 5.92 Å². The first-order chi connectivity index (χ1) is 10.6. The van der Waals surface area contributed by atoms with Crippen LogP contribution in [-0.4, -0.2) is 29.6 Å². The number of amides is 1. The summed E-state index contributed by atoms with van der Waals surface area (Å²) in [6, 6.07) is 0. The zero-order valence-corrected chi connectivity index (χ0v) is 16.5. The van der Waals surface area contributed by atoms with Crippen LogP contribution in [0.1, 0.15) is 77.0 Å². The number of rotatable bonds is 11. The maximum atomic E-state index is 11.9. The summed E-state index contributed by atoms with van der Waals surface area (Å²) in [6.07, 6.45) is 10.3. The third kappa shape index (κ3) is 11.1. The summed E-state index contributed by atoms with van der Waals surface area (Å²) in [5.41, 5.74) is 0. The van der Waals surface area contributed by atoms with E-state index in [0.29, 0.717) is 13.0 Å². The molecule has 1 aliphatic rings. The molecule has 0 bridgehead atoms. The number of unbranched alkanes of at least 4 members (excludes halogenated alkanes) is 6. The van der Waals surface area contributed by atoms with E-state index in [0.717, 1.165) is 64.2 Å². The van der Waals surface area contributed by atoms with Crippen molar-refractivity contribution < 1.29 is 49.4 Å². The van der Waals surface area contributed by atoms with Gasteiger partial charge >= 0.3 is 29.6 Å². The number of hydrogen-bond donors (Lipinski definition) is 2. The van der Waals surface area contributed by atoms with Crippen molar-refractivity contribution in [2.24, 2.45) is 5.92 Å². The normalized spacial score (nSPS) is 20.6. The Labute approximate surface area is 161 Å². The van der Waals surface area contributed by atoms with E-state index in [1.807, 2.05) is 0 Å². The fourth-order valence-electron chi connectivity index (χ4n) is 3.04. The third-order valence-corrected chi connectivity index (χ3v) is 4.42. The molecule has 1 rings (SSSR count). The Morgan fingerprint density at radius 3 is 2.13 bits per heavy atom. The van der Waals surface area contributed by atoms with Gasteiger partial charge in [-0.1, -0.05) is 44.9 Å². The molecule has 0 heterocycles. The van der Waals surface area contributed by atoms with Gasteiger partial charge in [-0.2, -0.15) is 0 Å². The van der Waals surface area contributed by atoms with E-state index in [1.165, 1.54) is 0 Å². The first kappa shape index (κ1) is 22.9. The maximum absolute atomic E-state index is 11.9. The minimum absolute atomic E-state index is 0. The number of carboxylic acids is 1. The molecule has 2 unspecified atom stereocenters. The molecule has 0 aromatic carbocycles. The monoisotopic (exact) mass is 335 g/mol. The van der Waals surface area contributed by atoms with Crippen LogP contribution in [0.25, 0.3) is 0 Å². The molecule has 23 heavy (non-hydrogen) atoms. The number of carbonyl (C=O) groups is 2. The second kappa shape index (κ2) is 14.3. The van der Waals surface area contributed by atoms with E-state index in [9.17, 15) is 19.8 Å². The quantitative estimate of drug-likeness (QED) is 0.356. The molecule has 0 aromatic rings. The average molecular weight is 335 g/mol. The van der Waals surface area contributed by atoms with Crippen molar-refractivity contribution in [3.63, 3.8) is 0 Å². The molecule has 5 nitrogen and oxygen atoms in total. The van der Waals surface area contributed by atoms with Crippen LogP contribution >= 0.6 is 0 Å². The Morgan fingerprint density at radius 1 is 0.957 bits per heavy atom. The van der Waals surface area contributed by atoms with E-state index < -0.39 is 12.1 Å². The van der Waals surface area contributed by atoms with Gasteiger partial charge in [-0.05, 0) is 32.1 Å². The molecule has 6 heteroatoms. The van der Waals surface area contributed by atoms with Crippen LogP contribution in [0.5, 0.6) is 0 Å². The fourth-order valence-corrected chi connectivity index (χ4v) is 3.04. The molecule has 0 saturated heterocycles. The van der Waals surface area contributed by atoms with Crippen LogP contribution in [0.4, 0.5) is 0 Å².